The maximum Gasteiger partial charge on any atom is 0.165 e. The molecule has 0 spiro atoms. The van der Waals surface area contributed by atoms with Crippen molar-refractivity contribution >= 4 is 11.6 Å². The Kier molecular flexibility index (Phi) is 4.57. The lowest BCUT2D eigenvalue weighted by atomic mass is 10.0. The van der Waals surface area contributed by atoms with E-state index in [4.69, 9.17) is 16.3 Å². The maximum absolute atomic E-state index is 13.3. The molecule has 2 rings (SSSR count). The van der Waals surface area contributed by atoms with E-state index in [2.05, 4.69) is 0 Å². The molecule has 20 heavy (non-hydrogen) atoms. The molecule has 0 aliphatic carbocycles. The van der Waals surface area contributed by atoms with Crippen LogP contribution in [0, 0.1) is 11.6 Å². The van der Waals surface area contributed by atoms with Crippen LogP contribution in [0.5, 0.6) is 5.75 Å². The third kappa shape index (κ3) is 3.26. The maximum atomic E-state index is 13.3. The first kappa shape index (κ1) is 14.8. The van der Waals surface area contributed by atoms with E-state index in [9.17, 15) is 13.9 Å². The van der Waals surface area contributed by atoms with Crippen LogP contribution in [0.4, 0.5) is 8.78 Å². The van der Waals surface area contributed by atoms with Gasteiger partial charge in [0.15, 0.2) is 11.6 Å². The van der Waals surface area contributed by atoms with Gasteiger partial charge in [0.05, 0.1) is 13.2 Å². The van der Waals surface area contributed by atoms with Gasteiger partial charge in [-0.3, -0.25) is 0 Å². The van der Waals surface area contributed by atoms with Crippen molar-refractivity contribution in [2.24, 2.45) is 0 Å². The van der Waals surface area contributed by atoms with Crippen LogP contribution in [-0.2, 0) is 6.42 Å². The lowest BCUT2D eigenvalue weighted by Gasteiger charge is -2.13. The Morgan fingerprint density at radius 3 is 2.65 bits per heavy atom. The van der Waals surface area contributed by atoms with Crippen LogP contribution in [0.15, 0.2) is 36.4 Å². The highest BCUT2D eigenvalue weighted by Gasteiger charge is 2.14. The Bertz CT molecular complexity index is 617. The first-order valence-corrected chi connectivity index (χ1v) is 6.34. The largest absolute Gasteiger partial charge is 0.494 e. The zero-order valence-corrected chi connectivity index (χ0v) is 11.5. The van der Waals surface area contributed by atoms with Crippen LogP contribution in [0.1, 0.15) is 17.2 Å². The fourth-order valence-electron chi connectivity index (χ4n) is 1.91. The molecule has 2 aromatic carbocycles. The molecule has 1 unspecified atom stereocenters. The molecule has 0 aliphatic heterocycles. The van der Waals surface area contributed by atoms with Gasteiger partial charge in [0, 0.05) is 11.4 Å². The number of aliphatic hydroxyl groups is 1. The lowest BCUT2D eigenvalue weighted by molar-refractivity contribution is 0.178. The van der Waals surface area contributed by atoms with Crippen molar-refractivity contribution in [3.63, 3.8) is 0 Å². The molecule has 1 atom stereocenters. The van der Waals surface area contributed by atoms with Crippen LogP contribution < -0.4 is 4.74 Å². The van der Waals surface area contributed by atoms with Crippen LogP contribution in [0.3, 0.4) is 0 Å². The predicted molar refractivity (Wildman–Crippen MR) is 73.0 cm³/mol. The fraction of sp³-hybridized carbons (Fsp3) is 0.200. The standard InChI is InChI=1S/C15H13ClF2O2/c1-20-15-8-9(2-5-13(15)18)14(19)7-10-6-11(17)3-4-12(10)16/h2-6,8,14,19H,7H2,1H3. The fourth-order valence-corrected chi connectivity index (χ4v) is 2.10. The second-order valence-corrected chi connectivity index (χ2v) is 4.76. The normalized spacial score (nSPS) is 12.2. The van der Waals surface area contributed by atoms with Gasteiger partial charge >= 0.3 is 0 Å². The second-order valence-electron chi connectivity index (χ2n) is 4.35. The van der Waals surface area contributed by atoms with Gasteiger partial charge in [0.25, 0.3) is 0 Å². The number of hydrogen-bond donors (Lipinski definition) is 1. The van der Waals surface area contributed by atoms with Gasteiger partial charge in [-0.25, -0.2) is 8.78 Å². The number of hydrogen-bond acceptors (Lipinski definition) is 2. The highest BCUT2D eigenvalue weighted by molar-refractivity contribution is 6.31. The summed E-state index contributed by atoms with van der Waals surface area (Å²) in [5.74, 6) is -0.882. The Morgan fingerprint density at radius 2 is 1.95 bits per heavy atom. The minimum atomic E-state index is -0.927. The molecule has 106 valence electrons. The highest BCUT2D eigenvalue weighted by Crippen LogP contribution is 2.27. The molecule has 0 fully saturated rings. The molecule has 0 aliphatic rings. The molecule has 0 heterocycles. The number of methoxy groups -OCH3 is 1. The van der Waals surface area contributed by atoms with Crippen molar-refractivity contribution in [1.82, 2.24) is 0 Å². The van der Waals surface area contributed by atoms with E-state index in [-0.39, 0.29) is 12.2 Å². The summed E-state index contributed by atoms with van der Waals surface area (Å²) in [7, 11) is 1.35. The van der Waals surface area contributed by atoms with Crippen molar-refractivity contribution in [1.29, 1.82) is 0 Å². The molecule has 0 amide bonds. The van der Waals surface area contributed by atoms with Crippen molar-refractivity contribution in [2.75, 3.05) is 7.11 Å². The van der Waals surface area contributed by atoms with E-state index in [0.717, 1.165) is 0 Å². The third-order valence-electron chi connectivity index (χ3n) is 2.98. The summed E-state index contributed by atoms with van der Waals surface area (Å²) in [5.41, 5.74) is 0.964. The van der Waals surface area contributed by atoms with Crippen molar-refractivity contribution in [2.45, 2.75) is 12.5 Å². The average molecular weight is 299 g/mol. The van der Waals surface area contributed by atoms with Gasteiger partial charge in [-0.1, -0.05) is 17.7 Å². The Labute approximate surface area is 120 Å². The molecule has 0 saturated heterocycles. The summed E-state index contributed by atoms with van der Waals surface area (Å²) in [6.45, 7) is 0. The lowest BCUT2D eigenvalue weighted by Crippen LogP contribution is -2.03. The zero-order chi connectivity index (χ0) is 14.7. The summed E-state index contributed by atoms with van der Waals surface area (Å²) in [6.07, 6.45) is -0.797. The zero-order valence-electron chi connectivity index (χ0n) is 10.7. The highest BCUT2D eigenvalue weighted by atomic mass is 35.5. The van der Waals surface area contributed by atoms with E-state index < -0.39 is 17.7 Å². The van der Waals surface area contributed by atoms with Gasteiger partial charge in [-0.15, -0.1) is 0 Å². The monoisotopic (exact) mass is 298 g/mol. The summed E-state index contributed by atoms with van der Waals surface area (Å²) < 4.78 is 31.3. The summed E-state index contributed by atoms with van der Waals surface area (Å²) in [4.78, 5) is 0. The van der Waals surface area contributed by atoms with Gasteiger partial charge in [0.2, 0.25) is 0 Å². The van der Waals surface area contributed by atoms with Crippen molar-refractivity contribution in [3.8, 4) is 5.75 Å². The van der Waals surface area contributed by atoms with E-state index in [1.54, 1.807) is 0 Å². The summed E-state index contributed by atoms with van der Waals surface area (Å²) >= 11 is 5.95. The number of rotatable bonds is 4. The second kappa shape index (κ2) is 6.20. The molecule has 0 bridgehead atoms. The molecular weight excluding hydrogens is 286 g/mol. The Balaban J connectivity index is 2.23. The van der Waals surface area contributed by atoms with Crippen molar-refractivity contribution in [3.05, 3.63) is 64.2 Å². The van der Waals surface area contributed by atoms with Gasteiger partial charge in [0.1, 0.15) is 5.82 Å². The molecule has 0 saturated carbocycles. The predicted octanol–water partition coefficient (Wildman–Crippen LogP) is 3.90. The number of aliphatic hydroxyl groups excluding tert-OH is 1. The minimum absolute atomic E-state index is 0.0480. The van der Waals surface area contributed by atoms with Crippen LogP contribution in [0.2, 0.25) is 5.02 Å². The van der Waals surface area contributed by atoms with Crippen molar-refractivity contribution < 1.29 is 18.6 Å². The van der Waals surface area contributed by atoms with E-state index in [1.807, 2.05) is 0 Å². The molecule has 0 radical (unpaired) electrons. The molecular formula is C15H13ClF2O2. The van der Waals surface area contributed by atoms with Crippen LogP contribution >= 0.6 is 11.6 Å². The number of benzene rings is 2. The Morgan fingerprint density at radius 1 is 1.20 bits per heavy atom. The molecule has 0 aromatic heterocycles. The Hall–Kier alpha value is -1.65. The first-order chi connectivity index (χ1) is 9.51. The van der Waals surface area contributed by atoms with Crippen LogP contribution in [-0.4, -0.2) is 12.2 Å². The minimum Gasteiger partial charge on any atom is -0.494 e. The molecule has 5 heteroatoms. The molecule has 1 N–H and O–H groups in total. The smallest absolute Gasteiger partial charge is 0.165 e. The van der Waals surface area contributed by atoms with Gasteiger partial charge in [-0.2, -0.15) is 0 Å². The van der Waals surface area contributed by atoms with E-state index >= 15 is 0 Å². The summed E-state index contributed by atoms with van der Waals surface area (Å²) in [6, 6.07) is 8.03. The first-order valence-electron chi connectivity index (χ1n) is 5.96. The summed E-state index contributed by atoms with van der Waals surface area (Å²) in [5, 5.41) is 10.5. The quantitative estimate of drug-likeness (QED) is 0.927. The van der Waals surface area contributed by atoms with Gasteiger partial charge in [-0.05, 0) is 41.5 Å². The number of halogens is 3. The molecule has 2 nitrogen and oxygen atoms in total. The SMILES string of the molecule is COc1cc(C(O)Cc2cc(F)ccc2Cl)ccc1F. The molecule has 2 aromatic rings. The van der Waals surface area contributed by atoms with E-state index in [0.29, 0.717) is 16.1 Å². The topological polar surface area (TPSA) is 29.5 Å². The van der Waals surface area contributed by atoms with Crippen LogP contribution in [0.25, 0.3) is 0 Å². The average Bonchev–Trinajstić information content (AvgIpc) is 2.43. The number of ether oxygens (including phenoxy) is 1. The van der Waals surface area contributed by atoms with E-state index in [1.165, 1.54) is 43.5 Å². The van der Waals surface area contributed by atoms with Gasteiger partial charge < -0.3 is 9.84 Å². The third-order valence-corrected chi connectivity index (χ3v) is 3.35.